The van der Waals surface area contributed by atoms with Crippen molar-refractivity contribution in [2.45, 2.75) is 29.6 Å². The smallest absolute Gasteiger partial charge is 0.283 e. The fraction of sp³-hybridized carbons (Fsp3) is 0.185. The van der Waals surface area contributed by atoms with E-state index in [0.29, 0.717) is 22.4 Å². The summed E-state index contributed by atoms with van der Waals surface area (Å²) in [6.45, 7) is 3.77. The highest BCUT2D eigenvalue weighted by Gasteiger charge is 2.18. The molecular formula is C27H26N8O2S. The van der Waals surface area contributed by atoms with Crippen molar-refractivity contribution in [3.63, 3.8) is 0 Å². The molecule has 2 N–H and O–H groups in total. The second kappa shape index (κ2) is 11.7. The lowest BCUT2D eigenvalue weighted by molar-refractivity contribution is -0.387. The third-order valence-electron chi connectivity index (χ3n) is 5.85. The molecular weight excluding hydrogens is 500 g/mol. The van der Waals surface area contributed by atoms with Gasteiger partial charge in [0.15, 0.2) is 0 Å². The maximum absolute atomic E-state index is 11.8. The summed E-state index contributed by atoms with van der Waals surface area (Å²) in [5, 5.41) is 19.2. The van der Waals surface area contributed by atoms with Crippen molar-refractivity contribution in [3.8, 4) is 0 Å². The lowest BCUT2D eigenvalue weighted by Crippen LogP contribution is -2.21. The van der Waals surface area contributed by atoms with Gasteiger partial charge < -0.3 is 10.2 Å². The van der Waals surface area contributed by atoms with E-state index in [0.717, 1.165) is 42.1 Å². The summed E-state index contributed by atoms with van der Waals surface area (Å²) in [5.41, 5.74) is 5.45. The molecule has 0 saturated carbocycles. The SMILES string of the molecule is Cc1ccc(Sc2ccc(C=NNc3nc(Nc4ccccc4)nc(N4CCCC4)n3)cc2[N+](=O)[O-])cc1. The van der Waals surface area contributed by atoms with Crippen molar-refractivity contribution < 1.29 is 4.92 Å². The molecule has 5 rings (SSSR count). The van der Waals surface area contributed by atoms with Crippen LogP contribution in [0, 0.1) is 17.0 Å². The third-order valence-corrected chi connectivity index (χ3v) is 6.92. The predicted molar refractivity (Wildman–Crippen MR) is 151 cm³/mol. The maximum atomic E-state index is 11.8. The highest BCUT2D eigenvalue weighted by atomic mass is 32.2. The second-order valence-electron chi connectivity index (χ2n) is 8.74. The molecule has 0 radical (unpaired) electrons. The number of nitrogens with one attached hydrogen (secondary N) is 2. The Labute approximate surface area is 224 Å². The number of nitrogens with zero attached hydrogens (tertiary/aromatic N) is 6. The molecule has 0 bridgehead atoms. The molecule has 0 spiro atoms. The number of hydrogen-bond acceptors (Lipinski definition) is 10. The van der Waals surface area contributed by atoms with Gasteiger partial charge in [-0.3, -0.25) is 10.1 Å². The van der Waals surface area contributed by atoms with Gasteiger partial charge in [0, 0.05) is 35.3 Å². The Hall–Kier alpha value is -4.51. The second-order valence-corrected chi connectivity index (χ2v) is 9.85. The molecule has 3 aromatic carbocycles. The van der Waals surface area contributed by atoms with Crippen LogP contribution in [0.5, 0.6) is 0 Å². The molecule has 0 unspecified atom stereocenters. The Bertz CT molecular complexity index is 1440. The molecule has 11 heteroatoms. The largest absolute Gasteiger partial charge is 0.341 e. The monoisotopic (exact) mass is 526 g/mol. The number of hydrogen-bond donors (Lipinski definition) is 2. The number of para-hydroxylation sites is 1. The van der Waals surface area contributed by atoms with E-state index in [-0.39, 0.29) is 16.6 Å². The molecule has 2 heterocycles. The van der Waals surface area contributed by atoms with Crippen LogP contribution in [-0.4, -0.2) is 39.2 Å². The van der Waals surface area contributed by atoms with Gasteiger partial charge in [0.1, 0.15) is 0 Å². The summed E-state index contributed by atoms with van der Waals surface area (Å²) in [6.07, 6.45) is 3.69. The maximum Gasteiger partial charge on any atom is 0.283 e. The summed E-state index contributed by atoms with van der Waals surface area (Å²) >= 11 is 1.36. The lowest BCUT2D eigenvalue weighted by atomic mass is 10.2. The zero-order valence-electron chi connectivity index (χ0n) is 20.7. The summed E-state index contributed by atoms with van der Waals surface area (Å²) in [7, 11) is 0. The van der Waals surface area contributed by atoms with E-state index in [4.69, 9.17) is 0 Å². The number of nitro groups is 1. The quantitative estimate of drug-likeness (QED) is 0.153. The molecule has 4 aromatic rings. The van der Waals surface area contributed by atoms with E-state index in [1.165, 1.54) is 24.0 Å². The highest BCUT2D eigenvalue weighted by Crippen LogP contribution is 2.35. The molecule has 10 nitrogen and oxygen atoms in total. The van der Waals surface area contributed by atoms with Crippen LogP contribution < -0.4 is 15.6 Å². The summed E-state index contributed by atoms with van der Waals surface area (Å²) in [6, 6.07) is 22.6. The number of aryl methyl sites for hydroxylation is 1. The van der Waals surface area contributed by atoms with Crippen molar-refractivity contribution in [3.05, 3.63) is 94.0 Å². The van der Waals surface area contributed by atoms with Gasteiger partial charge in [-0.25, -0.2) is 5.43 Å². The zero-order chi connectivity index (χ0) is 26.3. The average molecular weight is 527 g/mol. The van der Waals surface area contributed by atoms with Gasteiger partial charge in [-0.15, -0.1) is 0 Å². The van der Waals surface area contributed by atoms with Crippen molar-refractivity contribution in [2.75, 3.05) is 28.7 Å². The molecule has 1 saturated heterocycles. The van der Waals surface area contributed by atoms with Crippen molar-refractivity contribution in [1.29, 1.82) is 0 Å². The summed E-state index contributed by atoms with van der Waals surface area (Å²) in [5.74, 6) is 1.25. The average Bonchev–Trinajstić information content (AvgIpc) is 3.46. The molecule has 0 amide bonds. The predicted octanol–water partition coefficient (Wildman–Crippen LogP) is 6.03. The van der Waals surface area contributed by atoms with Gasteiger partial charge >= 0.3 is 0 Å². The van der Waals surface area contributed by atoms with Crippen LogP contribution in [0.25, 0.3) is 0 Å². The normalized spacial score (nSPS) is 13.1. The Balaban J connectivity index is 1.34. The summed E-state index contributed by atoms with van der Waals surface area (Å²) < 4.78 is 0. The minimum atomic E-state index is -0.378. The number of nitro benzene ring substituents is 1. The molecule has 38 heavy (non-hydrogen) atoms. The van der Waals surface area contributed by atoms with Gasteiger partial charge in [-0.05, 0) is 50.1 Å². The van der Waals surface area contributed by atoms with Crippen LogP contribution in [0.15, 0.2) is 87.7 Å². The van der Waals surface area contributed by atoms with Crippen molar-refractivity contribution in [2.24, 2.45) is 5.10 Å². The summed E-state index contributed by atoms with van der Waals surface area (Å²) in [4.78, 5) is 28.5. The van der Waals surface area contributed by atoms with Gasteiger partial charge in [-0.2, -0.15) is 20.1 Å². The molecule has 1 aliphatic heterocycles. The van der Waals surface area contributed by atoms with Crippen LogP contribution in [0.4, 0.5) is 29.2 Å². The van der Waals surface area contributed by atoms with Crippen molar-refractivity contribution in [1.82, 2.24) is 15.0 Å². The highest BCUT2D eigenvalue weighted by molar-refractivity contribution is 7.99. The molecule has 1 aromatic heterocycles. The Kier molecular flexibility index (Phi) is 7.74. The molecule has 1 fully saturated rings. The van der Waals surface area contributed by atoms with E-state index in [1.807, 2.05) is 61.5 Å². The van der Waals surface area contributed by atoms with E-state index in [2.05, 4.69) is 35.7 Å². The minimum absolute atomic E-state index is 0.0188. The minimum Gasteiger partial charge on any atom is -0.341 e. The molecule has 1 aliphatic rings. The first-order valence-corrected chi connectivity index (χ1v) is 13.0. The van der Waals surface area contributed by atoms with E-state index in [9.17, 15) is 10.1 Å². The first kappa shape index (κ1) is 25.2. The van der Waals surface area contributed by atoms with Crippen LogP contribution in [0.1, 0.15) is 24.0 Å². The first-order chi connectivity index (χ1) is 18.5. The van der Waals surface area contributed by atoms with Crippen molar-refractivity contribution >= 4 is 47.2 Å². The van der Waals surface area contributed by atoms with Gasteiger partial charge in [0.05, 0.1) is 16.0 Å². The van der Waals surface area contributed by atoms with Gasteiger partial charge in [0.2, 0.25) is 17.8 Å². The molecule has 0 atom stereocenters. The fourth-order valence-corrected chi connectivity index (χ4v) is 4.82. The van der Waals surface area contributed by atoms with Gasteiger partial charge in [0.25, 0.3) is 5.69 Å². The Morgan fingerprint density at radius 3 is 2.45 bits per heavy atom. The molecule has 0 aliphatic carbocycles. The third kappa shape index (κ3) is 6.43. The van der Waals surface area contributed by atoms with Gasteiger partial charge in [-0.1, -0.05) is 53.7 Å². The zero-order valence-corrected chi connectivity index (χ0v) is 21.6. The Morgan fingerprint density at radius 1 is 0.974 bits per heavy atom. The van der Waals surface area contributed by atoms with E-state index in [1.54, 1.807) is 12.1 Å². The van der Waals surface area contributed by atoms with E-state index < -0.39 is 0 Å². The number of benzene rings is 3. The number of hydrazone groups is 1. The number of anilines is 4. The number of aromatic nitrogens is 3. The number of rotatable bonds is 9. The topological polar surface area (TPSA) is 121 Å². The molecule has 192 valence electrons. The van der Waals surface area contributed by atoms with E-state index >= 15 is 0 Å². The Morgan fingerprint density at radius 2 is 1.71 bits per heavy atom. The van der Waals surface area contributed by atoms with Crippen LogP contribution >= 0.6 is 11.8 Å². The van der Waals surface area contributed by atoms with Crippen LogP contribution in [0.3, 0.4) is 0 Å². The van der Waals surface area contributed by atoms with Crippen LogP contribution in [-0.2, 0) is 0 Å². The fourth-order valence-electron chi connectivity index (χ4n) is 3.92. The van der Waals surface area contributed by atoms with Crippen LogP contribution in [0.2, 0.25) is 0 Å². The first-order valence-electron chi connectivity index (χ1n) is 12.2. The standard InChI is InChI=1S/C27H26N8O2S/c1-19-9-12-22(13-10-19)38-24-14-11-20(17-23(24)35(36)37)18-28-33-26-30-25(29-21-7-3-2-4-8-21)31-27(32-26)34-15-5-6-16-34/h2-4,7-14,17-18H,5-6,15-16H2,1H3,(H2,29,30,31,32,33). The lowest BCUT2D eigenvalue weighted by Gasteiger charge is -2.16.